The van der Waals surface area contributed by atoms with Crippen molar-refractivity contribution in [1.82, 2.24) is 0 Å². The number of imide groups is 1. The largest absolute Gasteiger partial charge is 0.322 e. The van der Waals surface area contributed by atoms with Crippen molar-refractivity contribution in [2.75, 3.05) is 10.2 Å². The minimum atomic E-state index is -0.462. The van der Waals surface area contributed by atoms with Crippen molar-refractivity contribution in [1.29, 1.82) is 0 Å². The van der Waals surface area contributed by atoms with Crippen LogP contribution < -0.4 is 10.2 Å². The number of carbonyl (C=O) groups is 3. The van der Waals surface area contributed by atoms with E-state index in [1.165, 1.54) is 24.3 Å². The molecule has 3 aromatic rings. The molecule has 0 fully saturated rings. The van der Waals surface area contributed by atoms with E-state index in [-0.39, 0.29) is 5.56 Å². The summed E-state index contributed by atoms with van der Waals surface area (Å²) in [5.41, 5.74) is 1.69. The lowest BCUT2D eigenvalue weighted by Gasteiger charge is -2.15. The highest BCUT2D eigenvalue weighted by atomic mass is 79.9. The molecule has 5 nitrogen and oxygen atoms in total. The van der Waals surface area contributed by atoms with Crippen LogP contribution in [0, 0.1) is 5.82 Å². The Labute approximate surface area is 167 Å². The molecule has 0 atom stereocenters. The van der Waals surface area contributed by atoms with Gasteiger partial charge in [-0.2, -0.15) is 0 Å². The van der Waals surface area contributed by atoms with Crippen LogP contribution in [0.15, 0.2) is 71.2 Å². The molecule has 0 bridgehead atoms. The first kappa shape index (κ1) is 18.1. The number of hydrogen-bond donors (Lipinski definition) is 1. The second kappa shape index (κ2) is 7.01. The lowest BCUT2D eigenvalue weighted by molar-refractivity contribution is 0.0925. The van der Waals surface area contributed by atoms with Crippen molar-refractivity contribution < 1.29 is 18.8 Å². The Morgan fingerprint density at radius 2 is 1.57 bits per heavy atom. The number of anilines is 2. The maximum absolute atomic E-state index is 13.2. The first-order valence-corrected chi connectivity index (χ1v) is 9.09. The number of rotatable bonds is 3. The van der Waals surface area contributed by atoms with E-state index >= 15 is 0 Å². The van der Waals surface area contributed by atoms with Gasteiger partial charge >= 0.3 is 0 Å². The van der Waals surface area contributed by atoms with Crippen LogP contribution in [0.25, 0.3) is 0 Å². The SMILES string of the molecule is O=C(Nc1cccc(N2C(=O)c3ccccc3C2=O)c1)c1ccc(F)cc1Br. The topological polar surface area (TPSA) is 66.5 Å². The number of benzene rings is 3. The minimum Gasteiger partial charge on any atom is -0.322 e. The fourth-order valence-electron chi connectivity index (χ4n) is 3.02. The summed E-state index contributed by atoms with van der Waals surface area (Å²) in [5, 5.41) is 2.69. The molecule has 0 unspecified atom stereocenters. The van der Waals surface area contributed by atoms with Crippen molar-refractivity contribution >= 4 is 45.0 Å². The minimum absolute atomic E-state index is 0.257. The van der Waals surface area contributed by atoms with Crippen LogP contribution in [0.2, 0.25) is 0 Å². The van der Waals surface area contributed by atoms with Gasteiger partial charge in [0.15, 0.2) is 0 Å². The molecule has 1 N–H and O–H groups in total. The second-order valence-electron chi connectivity index (χ2n) is 6.12. The molecule has 1 aliphatic heterocycles. The highest BCUT2D eigenvalue weighted by Crippen LogP contribution is 2.30. The average Bonchev–Trinajstić information content (AvgIpc) is 2.93. The van der Waals surface area contributed by atoms with Gasteiger partial charge in [-0.05, 0) is 64.5 Å². The monoisotopic (exact) mass is 438 g/mol. The van der Waals surface area contributed by atoms with Crippen LogP contribution in [0.1, 0.15) is 31.1 Å². The van der Waals surface area contributed by atoms with Gasteiger partial charge in [-0.3, -0.25) is 14.4 Å². The van der Waals surface area contributed by atoms with E-state index in [0.717, 1.165) is 4.90 Å². The molecule has 1 heterocycles. The summed E-state index contributed by atoms with van der Waals surface area (Å²) in [5.74, 6) is -1.74. The van der Waals surface area contributed by atoms with Crippen molar-refractivity contribution in [2.45, 2.75) is 0 Å². The molecule has 0 aliphatic carbocycles. The quantitative estimate of drug-likeness (QED) is 0.605. The van der Waals surface area contributed by atoms with Crippen LogP contribution in [0.4, 0.5) is 15.8 Å². The molecular formula is C21H12BrFN2O3. The van der Waals surface area contributed by atoms with Crippen molar-refractivity contribution in [3.05, 3.63) is 93.7 Å². The first-order chi connectivity index (χ1) is 13.5. The van der Waals surface area contributed by atoms with E-state index in [0.29, 0.717) is 27.0 Å². The zero-order valence-corrected chi connectivity index (χ0v) is 15.9. The van der Waals surface area contributed by atoms with Gasteiger partial charge in [0.05, 0.1) is 22.4 Å². The van der Waals surface area contributed by atoms with Gasteiger partial charge in [-0.1, -0.05) is 18.2 Å². The van der Waals surface area contributed by atoms with Gasteiger partial charge in [0, 0.05) is 10.2 Å². The predicted molar refractivity (Wildman–Crippen MR) is 106 cm³/mol. The van der Waals surface area contributed by atoms with Crippen LogP contribution in [-0.2, 0) is 0 Å². The number of halogens is 2. The first-order valence-electron chi connectivity index (χ1n) is 8.30. The van der Waals surface area contributed by atoms with Crippen molar-refractivity contribution in [3.63, 3.8) is 0 Å². The summed E-state index contributed by atoms with van der Waals surface area (Å²) >= 11 is 3.16. The van der Waals surface area contributed by atoms with Crippen LogP contribution in [-0.4, -0.2) is 17.7 Å². The molecule has 3 aromatic carbocycles. The molecule has 1 aliphatic rings. The number of amides is 3. The zero-order chi connectivity index (χ0) is 19.8. The molecule has 3 amide bonds. The lowest BCUT2D eigenvalue weighted by atomic mass is 10.1. The second-order valence-corrected chi connectivity index (χ2v) is 6.97. The Morgan fingerprint density at radius 3 is 2.21 bits per heavy atom. The summed E-state index contributed by atoms with van der Waals surface area (Å²) in [4.78, 5) is 38.8. The highest BCUT2D eigenvalue weighted by molar-refractivity contribution is 9.10. The molecule has 0 saturated heterocycles. The molecular weight excluding hydrogens is 427 g/mol. The Balaban J connectivity index is 1.61. The standard InChI is InChI=1S/C21H12BrFN2O3/c22-18-10-12(23)8-9-17(18)19(26)24-13-4-3-5-14(11-13)25-20(27)15-6-1-2-7-16(15)21(25)28/h1-11H,(H,24,26). The number of hydrogen-bond acceptors (Lipinski definition) is 3. The Hall–Kier alpha value is -3.32. The Bertz CT molecular complexity index is 1110. The number of nitrogens with one attached hydrogen (secondary N) is 1. The van der Waals surface area contributed by atoms with Crippen molar-refractivity contribution in [3.8, 4) is 0 Å². The number of nitrogens with zero attached hydrogens (tertiary/aromatic N) is 1. The van der Waals surface area contributed by atoms with E-state index < -0.39 is 23.5 Å². The molecule has 0 saturated carbocycles. The molecule has 0 spiro atoms. The van der Waals surface area contributed by atoms with Crippen LogP contribution in [0.3, 0.4) is 0 Å². The molecule has 0 radical (unpaired) electrons. The molecule has 138 valence electrons. The fourth-order valence-corrected chi connectivity index (χ4v) is 3.55. The van der Waals surface area contributed by atoms with E-state index in [9.17, 15) is 18.8 Å². The summed E-state index contributed by atoms with van der Waals surface area (Å²) in [6.07, 6.45) is 0. The zero-order valence-electron chi connectivity index (χ0n) is 14.3. The molecule has 4 rings (SSSR count). The Morgan fingerprint density at radius 1 is 0.893 bits per heavy atom. The summed E-state index contributed by atoms with van der Waals surface area (Å²) in [6, 6.07) is 16.8. The third-order valence-electron chi connectivity index (χ3n) is 4.33. The van der Waals surface area contributed by atoms with Gasteiger partial charge in [-0.25, -0.2) is 9.29 Å². The molecule has 28 heavy (non-hydrogen) atoms. The summed E-state index contributed by atoms with van der Waals surface area (Å²) in [6.45, 7) is 0. The third-order valence-corrected chi connectivity index (χ3v) is 4.99. The van der Waals surface area contributed by atoms with E-state index in [1.807, 2.05) is 0 Å². The average molecular weight is 439 g/mol. The summed E-state index contributed by atoms with van der Waals surface area (Å²) in [7, 11) is 0. The third kappa shape index (κ3) is 3.10. The van der Waals surface area contributed by atoms with E-state index in [4.69, 9.17) is 0 Å². The predicted octanol–water partition coefficient (Wildman–Crippen LogP) is 4.64. The smallest absolute Gasteiger partial charge is 0.266 e. The van der Waals surface area contributed by atoms with Crippen LogP contribution in [0.5, 0.6) is 0 Å². The normalized spacial score (nSPS) is 12.9. The molecule has 7 heteroatoms. The van der Waals surface area contributed by atoms with Gasteiger partial charge < -0.3 is 5.32 Å². The number of carbonyl (C=O) groups excluding carboxylic acids is 3. The maximum atomic E-state index is 13.2. The van der Waals surface area contributed by atoms with Gasteiger partial charge in [0.2, 0.25) is 0 Å². The van der Waals surface area contributed by atoms with Gasteiger partial charge in [0.1, 0.15) is 5.82 Å². The number of fused-ring (bicyclic) bond motifs is 1. The highest BCUT2D eigenvalue weighted by Gasteiger charge is 2.36. The Kier molecular flexibility index (Phi) is 4.52. The summed E-state index contributed by atoms with van der Waals surface area (Å²) < 4.78 is 13.5. The van der Waals surface area contributed by atoms with Gasteiger partial charge in [-0.15, -0.1) is 0 Å². The lowest BCUT2D eigenvalue weighted by Crippen LogP contribution is -2.29. The van der Waals surface area contributed by atoms with Crippen molar-refractivity contribution in [2.24, 2.45) is 0 Å². The fraction of sp³-hybridized carbons (Fsp3) is 0. The van der Waals surface area contributed by atoms with E-state index in [2.05, 4.69) is 21.2 Å². The molecule has 0 aromatic heterocycles. The van der Waals surface area contributed by atoms with E-state index in [1.54, 1.807) is 42.5 Å². The van der Waals surface area contributed by atoms with Crippen LogP contribution >= 0.6 is 15.9 Å². The maximum Gasteiger partial charge on any atom is 0.266 e. The van der Waals surface area contributed by atoms with Gasteiger partial charge in [0.25, 0.3) is 17.7 Å².